The summed E-state index contributed by atoms with van der Waals surface area (Å²) in [6, 6.07) is 16.3. The molecule has 4 rings (SSSR count). The largest absolute Gasteiger partial charge is 0.324 e. The maximum Gasteiger partial charge on any atom is 0.141 e. The number of nitrogens with zero attached hydrogens (tertiary/aromatic N) is 2. The quantitative estimate of drug-likeness (QED) is 0.663. The van der Waals surface area contributed by atoms with E-state index in [1.165, 1.54) is 0 Å². The van der Waals surface area contributed by atoms with Crippen LogP contribution in [0, 0.1) is 0 Å². The van der Waals surface area contributed by atoms with Crippen LogP contribution in [0.4, 0.5) is 0 Å². The van der Waals surface area contributed by atoms with E-state index in [1.807, 2.05) is 36.4 Å². The molecule has 3 heteroatoms. The molecule has 1 aliphatic rings. The fourth-order valence-electron chi connectivity index (χ4n) is 3.10. The Balaban J connectivity index is 2.03. The first-order chi connectivity index (χ1) is 9.88. The van der Waals surface area contributed by atoms with Crippen molar-refractivity contribution in [2.45, 2.75) is 18.9 Å². The molecule has 0 saturated carbocycles. The van der Waals surface area contributed by atoms with Gasteiger partial charge in [0.05, 0.1) is 11.0 Å². The molecule has 1 aliphatic heterocycles. The van der Waals surface area contributed by atoms with Gasteiger partial charge in [0.25, 0.3) is 0 Å². The van der Waals surface area contributed by atoms with Crippen molar-refractivity contribution in [2.24, 2.45) is 0 Å². The van der Waals surface area contributed by atoms with E-state index in [-0.39, 0.29) is 5.92 Å². The lowest BCUT2D eigenvalue weighted by Gasteiger charge is -2.21. The van der Waals surface area contributed by atoms with E-state index in [0.29, 0.717) is 0 Å². The number of hydrogen-bond donors (Lipinski definition) is 0. The van der Waals surface area contributed by atoms with Gasteiger partial charge in [0, 0.05) is 18.0 Å². The van der Waals surface area contributed by atoms with Crippen LogP contribution in [0.25, 0.3) is 22.4 Å². The van der Waals surface area contributed by atoms with Crippen LogP contribution in [0.5, 0.6) is 0 Å². The molecule has 3 nitrogen and oxygen atoms in total. The zero-order valence-corrected chi connectivity index (χ0v) is 11.0. The lowest BCUT2D eigenvalue weighted by atomic mass is 9.93. The average Bonchev–Trinajstić information content (AvgIpc) is 2.89. The summed E-state index contributed by atoms with van der Waals surface area (Å²) < 4.78 is 2.25. The molecular weight excluding hydrogens is 248 g/mol. The Bertz CT molecular complexity index is 789. The molecule has 0 spiro atoms. The first-order valence-electron chi connectivity index (χ1n) is 6.88. The number of carbonyl (C=O) groups is 1. The van der Waals surface area contributed by atoms with Crippen LogP contribution in [0.15, 0.2) is 48.5 Å². The molecule has 0 bridgehead atoms. The molecule has 0 amide bonds. The number of aromatic nitrogens is 2. The van der Waals surface area contributed by atoms with Crippen LogP contribution >= 0.6 is 0 Å². The van der Waals surface area contributed by atoms with Gasteiger partial charge in [-0.1, -0.05) is 42.5 Å². The molecular formula is C17H14N2O. The van der Waals surface area contributed by atoms with E-state index in [9.17, 15) is 4.79 Å². The number of aldehydes is 1. The number of para-hydroxylation sites is 1. The zero-order chi connectivity index (χ0) is 13.5. The highest BCUT2D eigenvalue weighted by molar-refractivity contribution is 5.87. The second-order valence-corrected chi connectivity index (χ2v) is 5.20. The minimum Gasteiger partial charge on any atom is -0.324 e. The SMILES string of the molecule is O=CC1CCn2c(-c3ccccc3)nc3cccc1c32. The van der Waals surface area contributed by atoms with E-state index in [0.717, 1.165) is 47.2 Å². The zero-order valence-electron chi connectivity index (χ0n) is 11.0. The monoisotopic (exact) mass is 262 g/mol. The van der Waals surface area contributed by atoms with Crippen LogP contribution in [-0.4, -0.2) is 15.8 Å². The Kier molecular flexibility index (Phi) is 2.46. The molecule has 2 aromatic carbocycles. The van der Waals surface area contributed by atoms with Gasteiger partial charge in [0.1, 0.15) is 12.1 Å². The van der Waals surface area contributed by atoms with Crippen molar-refractivity contribution < 1.29 is 4.79 Å². The number of rotatable bonds is 2. The first-order valence-corrected chi connectivity index (χ1v) is 6.88. The Hall–Kier alpha value is -2.42. The normalized spacial score (nSPS) is 17.3. The lowest BCUT2D eigenvalue weighted by molar-refractivity contribution is -0.109. The Morgan fingerprint density at radius 2 is 1.95 bits per heavy atom. The molecule has 0 aliphatic carbocycles. The molecule has 20 heavy (non-hydrogen) atoms. The molecule has 0 fully saturated rings. The molecule has 1 atom stereocenters. The third-order valence-corrected chi connectivity index (χ3v) is 4.06. The van der Waals surface area contributed by atoms with E-state index in [1.54, 1.807) is 0 Å². The summed E-state index contributed by atoms with van der Waals surface area (Å²) in [5.74, 6) is 1.00. The molecule has 98 valence electrons. The van der Waals surface area contributed by atoms with Crippen molar-refractivity contribution in [3.05, 3.63) is 54.1 Å². The van der Waals surface area contributed by atoms with E-state index < -0.39 is 0 Å². The van der Waals surface area contributed by atoms with Crippen molar-refractivity contribution in [1.29, 1.82) is 0 Å². The van der Waals surface area contributed by atoms with Gasteiger partial charge in [0.2, 0.25) is 0 Å². The summed E-state index contributed by atoms with van der Waals surface area (Å²) in [6.45, 7) is 0.848. The molecule has 0 radical (unpaired) electrons. The van der Waals surface area contributed by atoms with Crippen LogP contribution in [0.1, 0.15) is 17.9 Å². The summed E-state index contributed by atoms with van der Waals surface area (Å²) in [5.41, 5.74) is 4.33. The number of benzene rings is 2. The lowest BCUT2D eigenvalue weighted by Crippen LogP contribution is -2.14. The van der Waals surface area contributed by atoms with Gasteiger partial charge in [-0.25, -0.2) is 4.98 Å². The topological polar surface area (TPSA) is 34.9 Å². The molecule has 1 aromatic heterocycles. The van der Waals surface area contributed by atoms with Crippen molar-refractivity contribution in [3.8, 4) is 11.4 Å². The third kappa shape index (κ3) is 1.53. The second kappa shape index (κ2) is 4.30. The molecule has 3 aromatic rings. The summed E-state index contributed by atoms with van der Waals surface area (Å²) in [6.07, 6.45) is 1.92. The Morgan fingerprint density at radius 3 is 2.75 bits per heavy atom. The van der Waals surface area contributed by atoms with Crippen molar-refractivity contribution in [1.82, 2.24) is 9.55 Å². The van der Waals surface area contributed by atoms with E-state index in [4.69, 9.17) is 4.98 Å². The highest BCUT2D eigenvalue weighted by atomic mass is 16.1. The standard InChI is InChI=1S/C17H14N2O/c20-11-13-9-10-19-16-14(13)7-4-8-15(16)18-17(19)12-5-2-1-3-6-12/h1-8,11,13H,9-10H2. The van der Waals surface area contributed by atoms with Crippen LogP contribution in [0.2, 0.25) is 0 Å². The van der Waals surface area contributed by atoms with Crippen molar-refractivity contribution in [3.63, 3.8) is 0 Å². The highest BCUT2D eigenvalue weighted by Crippen LogP contribution is 2.35. The van der Waals surface area contributed by atoms with Gasteiger partial charge >= 0.3 is 0 Å². The summed E-state index contributed by atoms with van der Waals surface area (Å²) >= 11 is 0. The van der Waals surface area contributed by atoms with Crippen molar-refractivity contribution >= 4 is 17.3 Å². The van der Waals surface area contributed by atoms with E-state index in [2.05, 4.69) is 16.7 Å². The summed E-state index contributed by atoms with van der Waals surface area (Å²) in [5, 5.41) is 0. The fraction of sp³-hybridized carbons (Fsp3) is 0.176. The number of imidazole rings is 1. The van der Waals surface area contributed by atoms with Gasteiger partial charge in [-0.15, -0.1) is 0 Å². The van der Waals surface area contributed by atoms with Crippen molar-refractivity contribution in [2.75, 3.05) is 0 Å². The predicted octanol–water partition coefficient (Wildman–Crippen LogP) is 3.39. The smallest absolute Gasteiger partial charge is 0.141 e. The Morgan fingerprint density at radius 1 is 1.10 bits per heavy atom. The van der Waals surface area contributed by atoms with Gasteiger partial charge < -0.3 is 9.36 Å². The molecule has 0 N–H and O–H groups in total. The summed E-state index contributed by atoms with van der Waals surface area (Å²) in [7, 11) is 0. The van der Waals surface area contributed by atoms with Gasteiger partial charge in [-0.2, -0.15) is 0 Å². The van der Waals surface area contributed by atoms with Gasteiger partial charge in [0.15, 0.2) is 0 Å². The van der Waals surface area contributed by atoms with Crippen LogP contribution in [0.3, 0.4) is 0 Å². The fourth-order valence-corrected chi connectivity index (χ4v) is 3.10. The van der Waals surface area contributed by atoms with E-state index >= 15 is 0 Å². The van der Waals surface area contributed by atoms with Gasteiger partial charge in [-0.05, 0) is 18.1 Å². The maximum absolute atomic E-state index is 11.3. The molecule has 1 unspecified atom stereocenters. The minimum absolute atomic E-state index is 0.00604. The van der Waals surface area contributed by atoms with Gasteiger partial charge in [-0.3, -0.25) is 0 Å². The number of carbonyl (C=O) groups excluding carboxylic acids is 1. The molecule has 0 saturated heterocycles. The van der Waals surface area contributed by atoms with Crippen LogP contribution in [-0.2, 0) is 11.3 Å². The predicted molar refractivity (Wildman–Crippen MR) is 78.6 cm³/mol. The minimum atomic E-state index is 0.00604. The average molecular weight is 262 g/mol. The first kappa shape index (κ1) is 11.4. The summed E-state index contributed by atoms with van der Waals surface area (Å²) in [4.78, 5) is 16.0. The van der Waals surface area contributed by atoms with Crippen LogP contribution < -0.4 is 0 Å². The Labute approximate surface area is 116 Å². The number of hydrogen-bond acceptors (Lipinski definition) is 2. The third-order valence-electron chi connectivity index (χ3n) is 4.06. The highest BCUT2D eigenvalue weighted by Gasteiger charge is 2.24. The number of aryl methyl sites for hydroxylation is 1. The second-order valence-electron chi connectivity index (χ2n) is 5.20. The maximum atomic E-state index is 11.3. The molecule has 2 heterocycles.